The summed E-state index contributed by atoms with van der Waals surface area (Å²) in [7, 11) is -1.89. The van der Waals surface area contributed by atoms with Crippen molar-refractivity contribution in [2.75, 3.05) is 13.6 Å². The molecule has 5 heteroatoms. The highest BCUT2D eigenvalue weighted by Gasteiger charge is 2.25. The van der Waals surface area contributed by atoms with Gasteiger partial charge in [0.05, 0.1) is 6.07 Å². The SMILES string of the molecule is CC(C)CCN(C)S(=O)(=O)C(C)C#N. The normalized spacial score (nSPS) is 14.4. The smallest absolute Gasteiger partial charge is 0.211 e. The Kier molecular flexibility index (Phi) is 5.09. The van der Waals surface area contributed by atoms with Crippen LogP contribution >= 0.6 is 0 Å². The molecule has 0 aliphatic rings. The molecule has 1 atom stereocenters. The van der Waals surface area contributed by atoms with Crippen molar-refractivity contribution < 1.29 is 8.42 Å². The first kappa shape index (κ1) is 13.4. The molecule has 0 radical (unpaired) electrons. The summed E-state index contributed by atoms with van der Waals surface area (Å²) in [5.41, 5.74) is 0. The van der Waals surface area contributed by atoms with Gasteiger partial charge in [-0.2, -0.15) is 5.26 Å². The van der Waals surface area contributed by atoms with Crippen LogP contribution in [0.3, 0.4) is 0 Å². The molecule has 0 bridgehead atoms. The van der Waals surface area contributed by atoms with Crippen LogP contribution in [0.2, 0.25) is 0 Å². The van der Waals surface area contributed by atoms with Gasteiger partial charge in [-0.1, -0.05) is 13.8 Å². The van der Waals surface area contributed by atoms with Crippen LogP contribution in [0.15, 0.2) is 0 Å². The average molecular weight is 218 g/mol. The summed E-state index contributed by atoms with van der Waals surface area (Å²) in [6.45, 7) is 5.95. The van der Waals surface area contributed by atoms with Gasteiger partial charge < -0.3 is 0 Å². The highest BCUT2D eigenvalue weighted by Crippen LogP contribution is 2.09. The molecule has 0 N–H and O–H groups in total. The molecule has 0 saturated carbocycles. The molecule has 0 amide bonds. The third kappa shape index (κ3) is 3.64. The van der Waals surface area contributed by atoms with E-state index in [1.54, 1.807) is 6.07 Å². The Morgan fingerprint density at radius 3 is 2.21 bits per heavy atom. The summed E-state index contributed by atoms with van der Waals surface area (Å²) < 4.78 is 24.4. The van der Waals surface area contributed by atoms with E-state index in [0.29, 0.717) is 12.5 Å². The van der Waals surface area contributed by atoms with E-state index in [4.69, 9.17) is 5.26 Å². The van der Waals surface area contributed by atoms with Gasteiger partial charge in [0.15, 0.2) is 5.25 Å². The highest BCUT2D eigenvalue weighted by molar-refractivity contribution is 7.89. The molecule has 1 unspecified atom stereocenters. The fourth-order valence-electron chi connectivity index (χ4n) is 0.904. The van der Waals surface area contributed by atoms with E-state index in [9.17, 15) is 8.42 Å². The second-order valence-electron chi connectivity index (χ2n) is 3.82. The molecule has 0 rings (SSSR count). The van der Waals surface area contributed by atoms with E-state index in [2.05, 4.69) is 0 Å². The number of hydrogen-bond donors (Lipinski definition) is 0. The van der Waals surface area contributed by atoms with Gasteiger partial charge >= 0.3 is 0 Å². The summed E-state index contributed by atoms with van der Waals surface area (Å²) in [6.07, 6.45) is 0.813. The van der Waals surface area contributed by atoms with Crippen molar-refractivity contribution in [3.63, 3.8) is 0 Å². The summed E-state index contributed by atoms with van der Waals surface area (Å²) in [6, 6.07) is 1.74. The van der Waals surface area contributed by atoms with E-state index in [1.807, 2.05) is 13.8 Å². The molecule has 0 spiro atoms. The van der Waals surface area contributed by atoms with Gasteiger partial charge in [-0.25, -0.2) is 12.7 Å². The topological polar surface area (TPSA) is 61.2 Å². The fraction of sp³-hybridized carbons (Fsp3) is 0.889. The molecule has 0 aliphatic carbocycles. The maximum absolute atomic E-state index is 11.6. The lowest BCUT2D eigenvalue weighted by Crippen LogP contribution is -2.34. The Morgan fingerprint density at radius 2 is 1.86 bits per heavy atom. The lowest BCUT2D eigenvalue weighted by molar-refractivity contribution is 0.426. The van der Waals surface area contributed by atoms with Gasteiger partial charge in [0.2, 0.25) is 10.0 Å². The van der Waals surface area contributed by atoms with Crippen LogP contribution in [-0.4, -0.2) is 31.6 Å². The minimum Gasteiger partial charge on any atom is -0.211 e. The molecule has 4 nitrogen and oxygen atoms in total. The molecule has 0 aromatic heterocycles. The number of rotatable bonds is 5. The van der Waals surface area contributed by atoms with Crippen molar-refractivity contribution in [1.29, 1.82) is 5.26 Å². The summed E-state index contributed by atoms with van der Waals surface area (Å²) in [5, 5.41) is 7.58. The lowest BCUT2D eigenvalue weighted by Gasteiger charge is -2.19. The minimum atomic E-state index is -3.41. The molecular weight excluding hydrogens is 200 g/mol. The van der Waals surface area contributed by atoms with Gasteiger partial charge in [-0.15, -0.1) is 0 Å². The summed E-state index contributed by atoms with van der Waals surface area (Å²) in [4.78, 5) is 0. The van der Waals surface area contributed by atoms with Gasteiger partial charge in [0.1, 0.15) is 0 Å². The van der Waals surface area contributed by atoms with E-state index >= 15 is 0 Å². The zero-order chi connectivity index (χ0) is 11.4. The molecule has 0 aromatic carbocycles. The van der Waals surface area contributed by atoms with Crippen molar-refractivity contribution in [2.24, 2.45) is 5.92 Å². The Labute approximate surface area is 86.6 Å². The second kappa shape index (κ2) is 5.32. The van der Waals surface area contributed by atoms with E-state index in [1.165, 1.54) is 18.3 Å². The molecule has 0 aliphatic heterocycles. The van der Waals surface area contributed by atoms with Gasteiger partial charge in [0.25, 0.3) is 0 Å². The molecule has 0 aromatic rings. The van der Waals surface area contributed by atoms with Crippen LogP contribution < -0.4 is 0 Å². The van der Waals surface area contributed by atoms with Crippen molar-refractivity contribution in [3.8, 4) is 6.07 Å². The monoisotopic (exact) mass is 218 g/mol. The fourth-order valence-corrected chi connectivity index (χ4v) is 1.94. The Morgan fingerprint density at radius 1 is 1.36 bits per heavy atom. The quantitative estimate of drug-likeness (QED) is 0.696. The van der Waals surface area contributed by atoms with Crippen molar-refractivity contribution >= 4 is 10.0 Å². The van der Waals surface area contributed by atoms with Crippen molar-refractivity contribution in [3.05, 3.63) is 0 Å². The molecule has 14 heavy (non-hydrogen) atoms. The largest absolute Gasteiger partial charge is 0.229 e. The molecule has 0 heterocycles. The zero-order valence-corrected chi connectivity index (χ0v) is 10.0. The third-order valence-electron chi connectivity index (χ3n) is 2.08. The maximum atomic E-state index is 11.6. The van der Waals surface area contributed by atoms with Crippen LogP contribution in [0.4, 0.5) is 0 Å². The van der Waals surface area contributed by atoms with Gasteiger partial charge in [0, 0.05) is 13.6 Å². The van der Waals surface area contributed by atoms with E-state index in [-0.39, 0.29) is 0 Å². The van der Waals surface area contributed by atoms with E-state index < -0.39 is 15.3 Å². The van der Waals surface area contributed by atoms with E-state index in [0.717, 1.165) is 6.42 Å². The first-order valence-corrected chi connectivity index (χ1v) is 6.17. The molecule has 0 saturated heterocycles. The van der Waals surface area contributed by atoms with Crippen LogP contribution in [-0.2, 0) is 10.0 Å². The molecular formula is C9H18N2O2S. The van der Waals surface area contributed by atoms with Crippen LogP contribution in [0.25, 0.3) is 0 Å². The summed E-state index contributed by atoms with van der Waals surface area (Å²) in [5.74, 6) is 0.463. The van der Waals surface area contributed by atoms with Crippen molar-refractivity contribution in [1.82, 2.24) is 4.31 Å². The number of nitrogens with zero attached hydrogens (tertiary/aromatic N) is 2. The Bertz CT molecular complexity index is 303. The summed E-state index contributed by atoms with van der Waals surface area (Å²) >= 11 is 0. The lowest BCUT2D eigenvalue weighted by atomic mass is 10.1. The Hall–Kier alpha value is -0.600. The van der Waals surface area contributed by atoms with Gasteiger partial charge in [-0.3, -0.25) is 0 Å². The standard InChI is InChI=1S/C9H18N2O2S/c1-8(2)5-6-11(4)14(12,13)9(3)7-10/h8-9H,5-6H2,1-4H3. The van der Waals surface area contributed by atoms with Crippen LogP contribution in [0.1, 0.15) is 27.2 Å². The zero-order valence-electron chi connectivity index (χ0n) is 9.19. The van der Waals surface area contributed by atoms with Crippen LogP contribution in [0.5, 0.6) is 0 Å². The number of hydrogen-bond acceptors (Lipinski definition) is 3. The predicted molar refractivity (Wildman–Crippen MR) is 56.1 cm³/mol. The average Bonchev–Trinajstić information content (AvgIpc) is 2.12. The maximum Gasteiger partial charge on any atom is 0.229 e. The number of sulfonamides is 1. The predicted octanol–water partition coefficient (Wildman–Crippen LogP) is 1.21. The minimum absolute atomic E-state index is 0.463. The second-order valence-corrected chi connectivity index (χ2v) is 6.18. The highest BCUT2D eigenvalue weighted by atomic mass is 32.2. The first-order chi connectivity index (χ1) is 6.32. The third-order valence-corrected chi connectivity index (χ3v) is 4.13. The first-order valence-electron chi connectivity index (χ1n) is 4.67. The van der Waals surface area contributed by atoms with Crippen LogP contribution in [0, 0.1) is 17.2 Å². The molecule has 0 fully saturated rings. The Balaban J connectivity index is 4.39. The number of nitriles is 1. The van der Waals surface area contributed by atoms with Gasteiger partial charge in [-0.05, 0) is 19.3 Å². The molecule has 82 valence electrons. The van der Waals surface area contributed by atoms with Crippen molar-refractivity contribution in [2.45, 2.75) is 32.4 Å².